The normalized spacial score (nSPS) is 3.69. The van der Waals surface area contributed by atoms with Gasteiger partial charge in [0.15, 0.2) is 0 Å². The molecule has 0 aliphatic carbocycles. The number of hydrogen-bond acceptors (Lipinski definition) is 8. The summed E-state index contributed by atoms with van der Waals surface area (Å²) in [6.07, 6.45) is 0. The van der Waals surface area contributed by atoms with Gasteiger partial charge < -0.3 is 39.1 Å². The summed E-state index contributed by atoms with van der Waals surface area (Å²) in [5, 5.41) is 0. The summed E-state index contributed by atoms with van der Waals surface area (Å²) in [4.78, 5) is 34.1. The molecule has 0 aromatic rings. The molecule has 0 bridgehead atoms. The van der Waals surface area contributed by atoms with Gasteiger partial charge in [0, 0.05) is 18.3 Å². The maximum absolute atomic E-state index is 8.52. The van der Waals surface area contributed by atoms with Gasteiger partial charge in [-0.05, 0) is 0 Å². The van der Waals surface area contributed by atoms with Crippen molar-refractivity contribution in [3.05, 3.63) is 0 Å². The average molecular weight is 305 g/mol. The SMILES string of the molecule is O=[Si]([O-])[O-].O=[Si]([O-])[O-].[Fe+3].[K+].[Mg+2].[OH-].[OH-]. The molecule has 0 amide bonds. The third-order valence-corrected chi connectivity index (χ3v) is 0. The van der Waals surface area contributed by atoms with Crippen molar-refractivity contribution >= 4 is 41.4 Å². The van der Waals surface area contributed by atoms with E-state index in [9.17, 15) is 0 Å². The van der Waals surface area contributed by atoms with E-state index in [1.54, 1.807) is 0 Å². The molecule has 0 aliphatic heterocycles. The van der Waals surface area contributed by atoms with Crippen LogP contribution in [0.3, 0.4) is 0 Å². The third-order valence-electron chi connectivity index (χ3n) is 0. The summed E-state index contributed by atoms with van der Waals surface area (Å²) in [6.45, 7) is 0. The predicted octanol–water partition coefficient (Wildman–Crippen LogP) is -9.49. The minimum atomic E-state index is -3.63. The molecule has 0 fully saturated rings. The van der Waals surface area contributed by atoms with Crippen LogP contribution in [0.5, 0.6) is 0 Å². The molecule has 0 heterocycles. The van der Waals surface area contributed by atoms with Crippen LogP contribution in [0.2, 0.25) is 0 Å². The van der Waals surface area contributed by atoms with Gasteiger partial charge in [0.25, 0.3) is 0 Å². The molecule has 8 nitrogen and oxygen atoms in total. The summed E-state index contributed by atoms with van der Waals surface area (Å²) < 4.78 is 17.0. The first-order valence-electron chi connectivity index (χ1n) is 1.22. The second-order valence-electron chi connectivity index (χ2n) is 0.500. The summed E-state index contributed by atoms with van der Waals surface area (Å²) in [7, 11) is -7.26. The van der Waals surface area contributed by atoms with Crippen LogP contribution in [-0.2, 0) is 26.0 Å². The molecular formula is H2FeKMgO8Si2. The third kappa shape index (κ3) is 476. The van der Waals surface area contributed by atoms with Crippen molar-refractivity contribution in [1.29, 1.82) is 0 Å². The molecule has 1 radical (unpaired) electrons. The molecule has 0 aliphatic rings. The molecule has 0 atom stereocenters. The van der Waals surface area contributed by atoms with E-state index in [-0.39, 0.29) is 102 Å². The molecule has 0 rings (SSSR count). The Morgan fingerprint density at radius 2 is 0.769 bits per heavy atom. The summed E-state index contributed by atoms with van der Waals surface area (Å²) in [6, 6.07) is 0. The Morgan fingerprint density at radius 3 is 0.769 bits per heavy atom. The van der Waals surface area contributed by atoms with E-state index < -0.39 is 18.3 Å². The Bertz CT molecular complexity index is 80.1. The maximum Gasteiger partial charge on any atom is 3.00 e. The van der Waals surface area contributed by atoms with E-state index in [4.69, 9.17) is 28.1 Å². The minimum Gasteiger partial charge on any atom is -0.870 e. The molecule has 69 valence electrons. The van der Waals surface area contributed by atoms with Gasteiger partial charge >= 0.3 is 91.5 Å². The van der Waals surface area contributed by atoms with Crippen LogP contribution < -0.4 is 70.6 Å². The largest absolute Gasteiger partial charge is 3.00 e. The second kappa shape index (κ2) is 36.9. The Morgan fingerprint density at radius 1 is 0.769 bits per heavy atom. The minimum absolute atomic E-state index is 0. The zero-order valence-corrected chi connectivity index (χ0v) is 14.0. The molecule has 0 aromatic carbocycles. The van der Waals surface area contributed by atoms with E-state index in [1.807, 2.05) is 0 Å². The van der Waals surface area contributed by atoms with Crippen LogP contribution in [0.25, 0.3) is 0 Å². The fraction of sp³-hybridized carbons (Fsp3) is 0. The van der Waals surface area contributed by atoms with Crippen LogP contribution in [0.4, 0.5) is 0 Å². The first kappa shape index (κ1) is 45.8. The van der Waals surface area contributed by atoms with Gasteiger partial charge in [0.05, 0.1) is 0 Å². The Hall–Kier alpha value is 2.08. The van der Waals surface area contributed by atoms with Crippen molar-refractivity contribution in [2.75, 3.05) is 0 Å². The van der Waals surface area contributed by atoms with Crippen molar-refractivity contribution in [3.63, 3.8) is 0 Å². The molecule has 0 aromatic heterocycles. The maximum atomic E-state index is 8.52. The zero-order chi connectivity index (χ0) is 7.15. The molecule has 13 heteroatoms. The Balaban J connectivity index is -0.00000000800. The van der Waals surface area contributed by atoms with Crippen LogP contribution in [0.1, 0.15) is 0 Å². The first-order chi connectivity index (χ1) is 3.46. The molecule has 0 unspecified atom stereocenters. The van der Waals surface area contributed by atoms with Gasteiger partial charge in [-0.15, -0.1) is 0 Å². The summed E-state index contributed by atoms with van der Waals surface area (Å²) in [5.41, 5.74) is 0. The summed E-state index contributed by atoms with van der Waals surface area (Å²) >= 11 is 0. The smallest absolute Gasteiger partial charge is 0.870 e. The van der Waals surface area contributed by atoms with Crippen LogP contribution >= 0.6 is 0 Å². The van der Waals surface area contributed by atoms with Gasteiger partial charge in [-0.25, -0.2) is 0 Å². The van der Waals surface area contributed by atoms with Gasteiger partial charge in [-0.3, -0.25) is 0 Å². The Labute approximate surface area is 146 Å². The molecular weight excluding hydrogens is 303 g/mol. The van der Waals surface area contributed by atoms with Crippen LogP contribution in [-0.4, -0.2) is 52.3 Å². The van der Waals surface area contributed by atoms with Crippen molar-refractivity contribution in [3.8, 4) is 0 Å². The van der Waals surface area contributed by atoms with Crippen molar-refractivity contribution in [2.45, 2.75) is 0 Å². The van der Waals surface area contributed by atoms with Crippen molar-refractivity contribution < 1.29 is 108 Å². The molecule has 0 saturated carbocycles. The zero-order valence-electron chi connectivity index (χ0n) is 6.40. The van der Waals surface area contributed by atoms with Crippen LogP contribution in [0.15, 0.2) is 0 Å². The topological polar surface area (TPSA) is 186 Å². The molecule has 2 N–H and O–H groups in total. The van der Waals surface area contributed by atoms with E-state index in [1.165, 1.54) is 0 Å². The number of hydrogen-bond donors (Lipinski definition) is 0. The second-order valence-corrected chi connectivity index (χ2v) is 1.50. The standard InChI is InChI=1S/Fe.K.Mg.2O3Si.2H2O/c;;;2*1-4(2)3;;/h;;;;;2*1H2/q+3;+1;+2;2*-2;;/p-2. The predicted molar refractivity (Wildman–Crippen MR) is 22.5 cm³/mol. The van der Waals surface area contributed by atoms with E-state index >= 15 is 0 Å². The number of rotatable bonds is 0. The Kier molecular flexibility index (Phi) is 130. The van der Waals surface area contributed by atoms with E-state index in [0.29, 0.717) is 0 Å². The first-order valence-corrected chi connectivity index (χ1v) is 3.67. The fourth-order valence-corrected chi connectivity index (χ4v) is 0. The monoisotopic (exact) mass is 305 g/mol. The van der Waals surface area contributed by atoms with Gasteiger partial charge in [-0.2, -0.15) is 0 Å². The molecule has 13 heavy (non-hydrogen) atoms. The van der Waals surface area contributed by atoms with Gasteiger partial charge in [0.1, 0.15) is 0 Å². The van der Waals surface area contributed by atoms with Gasteiger partial charge in [-0.1, -0.05) is 0 Å². The van der Waals surface area contributed by atoms with Gasteiger partial charge in [0.2, 0.25) is 0 Å². The van der Waals surface area contributed by atoms with E-state index in [2.05, 4.69) is 0 Å². The van der Waals surface area contributed by atoms with Crippen molar-refractivity contribution in [1.82, 2.24) is 0 Å². The van der Waals surface area contributed by atoms with Crippen molar-refractivity contribution in [2.24, 2.45) is 0 Å². The summed E-state index contributed by atoms with van der Waals surface area (Å²) in [5.74, 6) is 0. The fourth-order valence-electron chi connectivity index (χ4n) is 0. The quantitative estimate of drug-likeness (QED) is 0.394. The van der Waals surface area contributed by atoms with E-state index in [0.717, 1.165) is 0 Å². The average Bonchev–Trinajstić information content (AvgIpc) is 1.25. The molecule has 0 spiro atoms. The van der Waals surface area contributed by atoms with Crippen LogP contribution in [0, 0.1) is 0 Å². The molecule has 0 saturated heterocycles.